The van der Waals surface area contributed by atoms with E-state index in [2.05, 4.69) is 15.6 Å². The standard InChI is InChI=1S/C15H18N4O/c1-19-8-7-17-14(19)10-18-15(20)12-4-5-13-11(9-12)3-2-6-16-13/h4-5,7-9,16H,2-3,6,10H2,1H3,(H,18,20). The molecule has 104 valence electrons. The Morgan fingerprint density at radius 2 is 2.40 bits per heavy atom. The second-order valence-electron chi connectivity index (χ2n) is 5.04. The molecule has 20 heavy (non-hydrogen) atoms. The van der Waals surface area contributed by atoms with Crippen molar-refractivity contribution >= 4 is 11.6 Å². The number of hydrogen-bond acceptors (Lipinski definition) is 3. The van der Waals surface area contributed by atoms with Gasteiger partial charge in [0.05, 0.1) is 6.54 Å². The van der Waals surface area contributed by atoms with E-state index in [1.54, 1.807) is 6.20 Å². The van der Waals surface area contributed by atoms with Gasteiger partial charge in [-0.2, -0.15) is 0 Å². The monoisotopic (exact) mass is 270 g/mol. The van der Waals surface area contributed by atoms with Gasteiger partial charge in [0.2, 0.25) is 0 Å². The third-order valence-electron chi connectivity index (χ3n) is 3.63. The predicted molar refractivity (Wildman–Crippen MR) is 77.6 cm³/mol. The quantitative estimate of drug-likeness (QED) is 0.892. The number of benzene rings is 1. The number of nitrogens with one attached hydrogen (secondary N) is 2. The molecule has 3 rings (SSSR count). The van der Waals surface area contributed by atoms with Gasteiger partial charge in [-0.1, -0.05) is 0 Å². The van der Waals surface area contributed by atoms with E-state index in [1.807, 2.05) is 36.0 Å². The zero-order valence-corrected chi connectivity index (χ0v) is 11.5. The number of imidazole rings is 1. The summed E-state index contributed by atoms with van der Waals surface area (Å²) in [5.41, 5.74) is 3.08. The predicted octanol–water partition coefficient (Wildman–Crippen LogP) is 1.71. The molecule has 0 unspecified atom stereocenters. The van der Waals surface area contributed by atoms with Gasteiger partial charge >= 0.3 is 0 Å². The number of rotatable bonds is 3. The molecule has 5 heteroatoms. The molecule has 2 heterocycles. The molecular formula is C15H18N4O. The summed E-state index contributed by atoms with van der Waals surface area (Å²) in [5, 5.41) is 6.25. The molecule has 5 nitrogen and oxygen atoms in total. The molecule has 0 spiro atoms. The van der Waals surface area contributed by atoms with Gasteiger partial charge in [0.25, 0.3) is 5.91 Å². The van der Waals surface area contributed by atoms with Crippen molar-refractivity contribution in [3.05, 3.63) is 47.5 Å². The van der Waals surface area contributed by atoms with Crippen molar-refractivity contribution in [3.8, 4) is 0 Å². The van der Waals surface area contributed by atoms with Gasteiger partial charge in [-0.05, 0) is 36.6 Å². The molecule has 1 amide bonds. The number of aromatic nitrogens is 2. The summed E-state index contributed by atoms with van der Waals surface area (Å²) in [7, 11) is 1.92. The molecule has 0 atom stereocenters. The Balaban J connectivity index is 1.69. The molecule has 1 aromatic heterocycles. The molecule has 1 aliphatic rings. The van der Waals surface area contributed by atoms with Crippen LogP contribution in [-0.4, -0.2) is 22.0 Å². The van der Waals surface area contributed by atoms with E-state index < -0.39 is 0 Å². The highest BCUT2D eigenvalue weighted by atomic mass is 16.1. The Labute approximate surface area is 118 Å². The van der Waals surface area contributed by atoms with Gasteiger partial charge in [0, 0.05) is 37.2 Å². The van der Waals surface area contributed by atoms with Crippen molar-refractivity contribution in [2.45, 2.75) is 19.4 Å². The van der Waals surface area contributed by atoms with Crippen LogP contribution >= 0.6 is 0 Å². The Bertz CT molecular complexity index is 633. The molecule has 2 N–H and O–H groups in total. The molecule has 1 aromatic carbocycles. The molecule has 0 aliphatic carbocycles. The minimum atomic E-state index is -0.0543. The summed E-state index contributed by atoms with van der Waals surface area (Å²) >= 11 is 0. The molecule has 0 saturated heterocycles. The lowest BCUT2D eigenvalue weighted by atomic mass is 10.0. The van der Waals surface area contributed by atoms with E-state index in [0.29, 0.717) is 12.1 Å². The topological polar surface area (TPSA) is 59.0 Å². The fraction of sp³-hybridized carbons (Fsp3) is 0.333. The molecule has 0 radical (unpaired) electrons. The number of carbonyl (C=O) groups excluding carboxylic acids is 1. The van der Waals surface area contributed by atoms with E-state index in [-0.39, 0.29) is 5.91 Å². The number of nitrogens with zero attached hydrogens (tertiary/aromatic N) is 2. The average Bonchev–Trinajstić information content (AvgIpc) is 2.89. The number of amides is 1. The molecular weight excluding hydrogens is 252 g/mol. The van der Waals surface area contributed by atoms with Crippen LogP contribution in [0.25, 0.3) is 0 Å². The fourth-order valence-corrected chi connectivity index (χ4v) is 2.44. The summed E-state index contributed by atoms with van der Waals surface area (Å²) in [6, 6.07) is 5.84. The lowest BCUT2D eigenvalue weighted by Gasteiger charge is -2.18. The first-order chi connectivity index (χ1) is 9.74. The van der Waals surface area contributed by atoms with Gasteiger partial charge in [-0.3, -0.25) is 4.79 Å². The van der Waals surface area contributed by atoms with Crippen molar-refractivity contribution in [1.82, 2.24) is 14.9 Å². The zero-order chi connectivity index (χ0) is 13.9. The highest BCUT2D eigenvalue weighted by molar-refractivity contribution is 5.94. The highest BCUT2D eigenvalue weighted by Crippen LogP contribution is 2.22. The summed E-state index contributed by atoms with van der Waals surface area (Å²) in [6.45, 7) is 1.45. The van der Waals surface area contributed by atoms with E-state index in [4.69, 9.17) is 0 Å². The maximum Gasteiger partial charge on any atom is 0.251 e. The van der Waals surface area contributed by atoms with Crippen LogP contribution in [0.1, 0.15) is 28.2 Å². The van der Waals surface area contributed by atoms with Crippen LogP contribution in [0.4, 0.5) is 5.69 Å². The van der Waals surface area contributed by atoms with Gasteiger partial charge < -0.3 is 15.2 Å². The largest absolute Gasteiger partial charge is 0.385 e. The lowest BCUT2D eigenvalue weighted by molar-refractivity contribution is 0.0949. The Morgan fingerprint density at radius 1 is 1.50 bits per heavy atom. The van der Waals surface area contributed by atoms with Crippen LogP contribution in [0.5, 0.6) is 0 Å². The second kappa shape index (κ2) is 5.36. The number of aryl methyl sites for hydroxylation is 2. The van der Waals surface area contributed by atoms with Crippen LogP contribution < -0.4 is 10.6 Å². The van der Waals surface area contributed by atoms with Gasteiger partial charge in [0.1, 0.15) is 5.82 Å². The smallest absolute Gasteiger partial charge is 0.251 e. The fourth-order valence-electron chi connectivity index (χ4n) is 2.44. The second-order valence-corrected chi connectivity index (χ2v) is 5.04. The Kier molecular flexibility index (Phi) is 3.41. The maximum absolute atomic E-state index is 12.2. The first kappa shape index (κ1) is 12.7. The minimum absolute atomic E-state index is 0.0543. The van der Waals surface area contributed by atoms with Crippen LogP contribution in [0.15, 0.2) is 30.6 Å². The van der Waals surface area contributed by atoms with Crippen LogP contribution in [-0.2, 0) is 20.0 Å². The number of carbonyl (C=O) groups is 1. The normalized spacial score (nSPS) is 13.4. The average molecular weight is 270 g/mol. The molecule has 1 aliphatic heterocycles. The van der Waals surface area contributed by atoms with Gasteiger partial charge in [-0.25, -0.2) is 4.98 Å². The summed E-state index contributed by atoms with van der Waals surface area (Å²) in [6.07, 6.45) is 5.74. The van der Waals surface area contributed by atoms with Gasteiger partial charge in [-0.15, -0.1) is 0 Å². The number of anilines is 1. The van der Waals surface area contributed by atoms with Crippen molar-refractivity contribution < 1.29 is 4.79 Å². The highest BCUT2D eigenvalue weighted by Gasteiger charge is 2.12. The third kappa shape index (κ3) is 2.52. The van der Waals surface area contributed by atoms with Gasteiger partial charge in [0.15, 0.2) is 0 Å². The summed E-state index contributed by atoms with van der Waals surface area (Å²) in [4.78, 5) is 16.4. The molecule has 2 aromatic rings. The Hall–Kier alpha value is -2.30. The van der Waals surface area contributed by atoms with Crippen LogP contribution in [0.3, 0.4) is 0 Å². The Morgan fingerprint density at radius 3 is 3.20 bits per heavy atom. The first-order valence-corrected chi connectivity index (χ1v) is 6.85. The van der Waals surface area contributed by atoms with Crippen LogP contribution in [0, 0.1) is 0 Å². The van der Waals surface area contributed by atoms with E-state index in [1.165, 1.54) is 5.56 Å². The SMILES string of the molecule is Cn1ccnc1CNC(=O)c1ccc2c(c1)CCCN2. The van der Waals surface area contributed by atoms with E-state index in [9.17, 15) is 4.79 Å². The van der Waals surface area contributed by atoms with E-state index in [0.717, 1.165) is 30.9 Å². The minimum Gasteiger partial charge on any atom is -0.385 e. The maximum atomic E-state index is 12.2. The number of hydrogen-bond donors (Lipinski definition) is 2. The van der Waals surface area contributed by atoms with Crippen molar-refractivity contribution in [2.24, 2.45) is 7.05 Å². The zero-order valence-electron chi connectivity index (χ0n) is 11.5. The van der Waals surface area contributed by atoms with Crippen molar-refractivity contribution in [1.29, 1.82) is 0 Å². The molecule has 0 saturated carbocycles. The summed E-state index contributed by atoms with van der Waals surface area (Å²) in [5.74, 6) is 0.791. The van der Waals surface area contributed by atoms with E-state index >= 15 is 0 Å². The molecule has 0 fully saturated rings. The van der Waals surface area contributed by atoms with Crippen molar-refractivity contribution in [2.75, 3.05) is 11.9 Å². The molecule has 0 bridgehead atoms. The summed E-state index contributed by atoms with van der Waals surface area (Å²) < 4.78 is 1.90. The first-order valence-electron chi connectivity index (χ1n) is 6.85. The van der Waals surface area contributed by atoms with Crippen molar-refractivity contribution in [3.63, 3.8) is 0 Å². The third-order valence-corrected chi connectivity index (χ3v) is 3.63. The van der Waals surface area contributed by atoms with Crippen LogP contribution in [0.2, 0.25) is 0 Å². The number of fused-ring (bicyclic) bond motifs is 1. The lowest BCUT2D eigenvalue weighted by Crippen LogP contribution is -2.24.